The van der Waals surface area contributed by atoms with Crippen molar-refractivity contribution in [3.05, 3.63) is 60.9 Å². The van der Waals surface area contributed by atoms with Gasteiger partial charge in [0.05, 0.1) is 18.2 Å². The summed E-state index contributed by atoms with van der Waals surface area (Å²) in [6.07, 6.45) is 9.97. The molecule has 0 saturated heterocycles. The zero-order valence-electron chi connectivity index (χ0n) is 11.0. The molecule has 20 heavy (non-hydrogen) atoms. The molecule has 0 aromatic carbocycles. The van der Waals surface area contributed by atoms with Gasteiger partial charge in [0.1, 0.15) is 5.82 Å². The van der Waals surface area contributed by atoms with Gasteiger partial charge in [0.2, 0.25) is 0 Å². The van der Waals surface area contributed by atoms with Gasteiger partial charge in [-0.05, 0) is 36.2 Å². The number of anilines is 1. The summed E-state index contributed by atoms with van der Waals surface area (Å²) in [6, 6.07) is 7.86. The number of rotatable bonds is 4. The molecule has 0 saturated carbocycles. The lowest BCUT2D eigenvalue weighted by Crippen LogP contribution is -2.02. The lowest BCUT2D eigenvalue weighted by molar-refractivity contribution is 0.701. The molecule has 0 aliphatic heterocycles. The minimum atomic E-state index is 0.518. The molecule has 2 N–H and O–H groups in total. The van der Waals surface area contributed by atoms with Crippen LogP contribution in [0.3, 0.4) is 0 Å². The van der Waals surface area contributed by atoms with Crippen LogP contribution in [0.15, 0.2) is 55.4 Å². The Morgan fingerprint density at radius 1 is 1.05 bits per heavy atom. The van der Waals surface area contributed by atoms with E-state index < -0.39 is 0 Å². The SMILES string of the molecule is Nc1cc(-c2cncn2CCc2ccncc2)ccn1. The Kier molecular flexibility index (Phi) is 3.41. The van der Waals surface area contributed by atoms with Crippen LogP contribution in [0.25, 0.3) is 11.3 Å². The lowest BCUT2D eigenvalue weighted by atomic mass is 10.1. The van der Waals surface area contributed by atoms with Gasteiger partial charge in [0.25, 0.3) is 0 Å². The third-order valence-corrected chi connectivity index (χ3v) is 3.18. The summed E-state index contributed by atoms with van der Waals surface area (Å²) in [5.41, 5.74) is 9.07. The molecule has 0 aliphatic carbocycles. The Bertz CT molecular complexity index is 690. The molecule has 0 fully saturated rings. The molecule has 3 heterocycles. The van der Waals surface area contributed by atoms with Gasteiger partial charge >= 0.3 is 0 Å². The molecule has 100 valence electrons. The van der Waals surface area contributed by atoms with Crippen molar-refractivity contribution < 1.29 is 0 Å². The van der Waals surface area contributed by atoms with Crippen molar-refractivity contribution >= 4 is 5.82 Å². The summed E-state index contributed by atoms with van der Waals surface area (Å²) < 4.78 is 2.12. The number of hydrogen-bond donors (Lipinski definition) is 1. The van der Waals surface area contributed by atoms with Crippen LogP contribution in [0.4, 0.5) is 5.82 Å². The maximum atomic E-state index is 5.73. The highest BCUT2D eigenvalue weighted by molar-refractivity contribution is 5.61. The first-order valence-electron chi connectivity index (χ1n) is 6.44. The van der Waals surface area contributed by atoms with Crippen molar-refractivity contribution in [2.24, 2.45) is 0 Å². The summed E-state index contributed by atoms with van der Waals surface area (Å²) in [5.74, 6) is 0.518. The topological polar surface area (TPSA) is 69.6 Å². The van der Waals surface area contributed by atoms with Gasteiger partial charge < -0.3 is 10.3 Å². The van der Waals surface area contributed by atoms with E-state index in [1.54, 1.807) is 6.20 Å². The predicted octanol–water partition coefficient (Wildman–Crippen LogP) is 2.17. The van der Waals surface area contributed by atoms with E-state index in [2.05, 4.69) is 19.5 Å². The van der Waals surface area contributed by atoms with Crippen LogP contribution < -0.4 is 5.73 Å². The fourth-order valence-corrected chi connectivity index (χ4v) is 2.15. The molecular weight excluding hydrogens is 250 g/mol. The molecule has 3 rings (SSSR count). The second-order valence-corrected chi connectivity index (χ2v) is 4.55. The average molecular weight is 265 g/mol. The fourth-order valence-electron chi connectivity index (χ4n) is 2.15. The summed E-state index contributed by atoms with van der Waals surface area (Å²) in [4.78, 5) is 12.3. The highest BCUT2D eigenvalue weighted by Crippen LogP contribution is 2.20. The number of nitrogens with two attached hydrogens (primary N) is 1. The van der Waals surface area contributed by atoms with Gasteiger partial charge in [0, 0.05) is 30.7 Å². The Labute approximate surface area is 117 Å². The first-order chi connectivity index (χ1) is 9.83. The Morgan fingerprint density at radius 2 is 1.90 bits per heavy atom. The highest BCUT2D eigenvalue weighted by Gasteiger charge is 2.06. The van der Waals surface area contributed by atoms with E-state index in [-0.39, 0.29) is 0 Å². The maximum absolute atomic E-state index is 5.73. The fraction of sp³-hybridized carbons (Fsp3) is 0.133. The van der Waals surface area contributed by atoms with E-state index in [4.69, 9.17) is 5.73 Å². The summed E-state index contributed by atoms with van der Waals surface area (Å²) in [5, 5.41) is 0. The molecule has 3 aromatic heterocycles. The summed E-state index contributed by atoms with van der Waals surface area (Å²) in [6.45, 7) is 0.863. The van der Waals surface area contributed by atoms with Crippen LogP contribution in [-0.2, 0) is 13.0 Å². The van der Waals surface area contributed by atoms with E-state index in [1.807, 2.05) is 49.2 Å². The van der Waals surface area contributed by atoms with Gasteiger partial charge in [0.15, 0.2) is 0 Å². The van der Waals surface area contributed by atoms with E-state index in [0.29, 0.717) is 5.82 Å². The van der Waals surface area contributed by atoms with Gasteiger partial charge in [-0.3, -0.25) is 4.98 Å². The van der Waals surface area contributed by atoms with Gasteiger partial charge in [-0.15, -0.1) is 0 Å². The zero-order chi connectivity index (χ0) is 13.8. The first-order valence-corrected chi connectivity index (χ1v) is 6.44. The van der Waals surface area contributed by atoms with Gasteiger partial charge in [-0.25, -0.2) is 9.97 Å². The molecule has 0 unspecified atom stereocenters. The molecule has 0 spiro atoms. The van der Waals surface area contributed by atoms with Gasteiger partial charge in [-0.2, -0.15) is 0 Å². The third kappa shape index (κ3) is 2.66. The monoisotopic (exact) mass is 265 g/mol. The van der Waals surface area contributed by atoms with Crippen LogP contribution in [0.1, 0.15) is 5.56 Å². The quantitative estimate of drug-likeness (QED) is 0.784. The smallest absolute Gasteiger partial charge is 0.123 e. The molecule has 0 radical (unpaired) electrons. The van der Waals surface area contributed by atoms with E-state index >= 15 is 0 Å². The van der Waals surface area contributed by atoms with Crippen molar-refractivity contribution in [1.29, 1.82) is 0 Å². The number of hydrogen-bond acceptors (Lipinski definition) is 4. The number of pyridine rings is 2. The Balaban J connectivity index is 1.80. The Hall–Kier alpha value is -2.69. The number of imidazole rings is 1. The molecule has 0 atom stereocenters. The maximum Gasteiger partial charge on any atom is 0.123 e. The van der Waals surface area contributed by atoms with Crippen molar-refractivity contribution in [2.75, 3.05) is 5.73 Å². The van der Waals surface area contributed by atoms with Crippen molar-refractivity contribution in [2.45, 2.75) is 13.0 Å². The second-order valence-electron chi connectivity index (χ2n) is 4.55. The second kappa shape index (κ2) is 5.52. The van der Waals surface area contributed by atoms with Crippen molar-refractivity contribution in [1.82, 2.24) is 19.5 Å². The number of nitrogen functional groups attached to an aromatic ring is 1. The van der Waals surface area contributed by atoms with E-state index in [0.717, 1.165) is 24.2 Å². The standard InChI is InChI=1S/C15H15N5/c16-15-9-13(3-7-19-15)14-10-18-11-20(14)8-4-12-1-5-17-6-2-12/h1-3,5-7,9-11H,4,8H2,(H2,16,19). The van der Waals surface area contributed by atoms with Crippen molar-refractivity contribution in [3.8, 4) is 11.3 Å². The molecule has 5 heteroatoms. The zero-order valence-corrected chi connectivity index (χ0v) is 11.0. The van der Waals surface area contributed by atoms with Crippen molar-refractivity contribution in [3.63, 3.8) is 0 Å². The minimum Gasteiger partial charge on any atom is -0.384 e. The molecule has 0 bridgehead atoms. The number of nitrogens with zero attached hydrogens (tertiary/aromatic N) is 4. The largest absolute Gasteiger partial charge is 0.384 e. The van der Waals surface area contributed by atoms with Gasteiger partial charge in [-0.1, -0.05) is 0 Å². The molecule has 0 aliphatic rings. The molecular formula is C15H15N5. The number of aryl methyl sites for hydroxylation is 2. The average Bonchev–Trinajstić information content (AvgIpc) is 2.95. The molecule has 5 nitrogen and oxygen atoms in total. The minimum absolute atomic E-state index is 0.518. The molecule has 3 aromatic rings. The van der Waals surface area contributed by atoms with Crippen LogP contribution >= 0.6 is 0 Å². The van der Waals surface area contributed by atoms with Crippen LogP contribution in [0.2, 0.25) is 0 Å². The normalized spacial score (nSPS) is 10.6. The third-order valence-electron chi connectivity index (χ3n) is 3.18. The Morgan fingerprint density at radius 3 is 2.70 bits per heavy atom. The van der Waals surface area contributed by atoms with Crippen LogP contribution in [0.5, 0.6) is 0 Å². The van der Waals surface area contributed by atoms with E-state index in [1.165, 1.54) is 5.56 Å². The van der Waals surface area contributed by atoms with E-state index in [9.17, 15) is 0 Å². The van der Waals surface area contributed by atoms with Crippen LogP contribution in [0, 0.1) is 0 Å². The predicted molar refractivity (Wildman–Crippen MR) is 77.8 cm³/mol. The summed E-state index contributed by atoms with van der Waals surface area (Å²) in [7, 11) is 0. The summed E-state index contributed by atoms with van der Waals surface area (Å²) >= 11 is 0. The van der Waals surface area contributed by atoms with Crippen LogP contribution in [-0.4, -0.2) is 19.5 Å². The highest BCUT2D eigenvalue weighted by atomic mass is 15.0. The number of aromatic nitrogens is 4. The molecule has 0 amide bonds. The lowest BCUT2D eigenvalue weighted by Gasteiger charge is -2.08. The first kappa shape index (κ1) is 12.3.